The minimum Gasteiger partial charge on any atom is -0.451 e. The monoisotopic (exact) mass is 219 g/mol. The van der Waals surface area contributed by atoms with Gasteiger partial charge in [0.15, 0.2) is 5.76 Å². The van der Waals surface area contributed by atoms with Gasteiger partial charge in [0.1, 0.15) is 5.58 Å². The fraction of sp³-hybridized carbons (Fsp3) is 0.250. The van der Waals surface area contributed by atoms with Crippen molar-refractivity contribution in [3.8, 4) is 0 Å². The quantitative estimate of drug-likeness (QED) is 0.858. The van der Waals surface area contributed by atoms with Gasteiger partial charge in [-0.15, -0.1) is 0 Å². The van der Waals surface area contributed by atoms with E-state index in [1.807, 2.05) is 24.3 Å². The molecule has 0 bridgehead atoms. The number of furan rings is 1. The number of benzene rings is 1. The van der Waals surface area contributed by atoms with Gasteiger partial charge in [0, 0.05) is 25.1 Å². The van der Waals surface area contributed by atoms with Crippen molar-refractivity contribution in [1.82, 2.24) is 5.32 Å². The number of methoxy groups -OCH3 is 1. The van der Waals surface area contributed by atoms with Crippen molar-refractivity contribution in [2.75, 3.05) is 14.2 Å². The van der Waals surface area contributed by atoms with Crippen molar-refractivity contribution in [3.63, 3.8) is 0 Å². The van der Waals surface area contributed by atoms with Crippen LogP contribution in [0.5, 0.6) is 0 Å². The van der Waals surface area contributed by atoms with Gasteiger partial charge in [-0.25, -0.2) is 0 Å². The normalized spacial score (nSPS) is 10.6. The first-order valence-corrected chi connectivity index (χ1v) is 4.99. The van der Waals surface area contributed by atoms with E-state index in [1.54, 1.807) is 14.2 Å². The van der Waals surface area contributed by atoms with Crippen LogP contribution >= 0.6 is 0 Å². The van der Waals surface area contributed by atoms with Crippen LogP contribution in [-0.4, -0.2) is 20.1 Å². The number of fused-ring (bicyclic) bond motifs is 1. The minimum absolute atomic E-state index is 0.233. The molecule has 0 saturated heterocycles. The van der Waals surface area contributed by atoms with E-state index in [0.717, 1.165) is 10.9 Å². The number of carbonyl (C=O) groups excluding carboxylic acids is 1. The lowest BCUT2D eigenvalue weighted by molar-refractivity contribution is 0.0931. The van der Waals surface area contributed by atoms with Crippen LogP contribution in [0.1, 0.15) is 16.1 Å². The number of rotatable bonds is 3. The predicted octanol–water partition coefficient (Wildman–Crippen LogP) is 1.94. The van der Waals surface area contributed by atoms with Crippen LogP contribution in [0.3, 0.4) is 0 Å². The highest BCUT2D eigenvalue weighted by Gasteiger charge is 2.18. The standard InChI is InChI=1S/C12H13NO3/c1-13-12(14)11-9(7-15-2)8-5-3-4-6-10(8)16-11/h3-6H,7H2,1-2H3,(H,13,14). The SMILES string of the molecule is CNC(=O)c1oc2ccccc2c1COC. The van der Waals surface area contributed by atoms with E-state index in [9.17, 15) is 4.79 Å². The number of nitrogens with one attached hydrogen (secondary N) is 1. The van der Waals surface area contributed by atoms with Gasteiger partial charge in [-0.3, -0.25) is 4.79 Å². The summed E-state index contributed by atoms with van der Waals surface area (Å²) in [6, 6.07) is 7.53. The van der Waals surface area contributed by atoms with E-state index in [-0.39, 0.29) is 5.91 Å². The van der Waals surface area contributed by atoms with Crippen LogP contribution in [0.2, 0.25) is 0 Å². The molecule has 0 aliphatic carbocycles. The smallest absolute Gasteiger partial charge is 0.287 e. The summed E-state index contributed by atoms with van der Waals surface area (Å²) in [5, 5.41) is 3.47. The molecule has 0 fully saturated rings. The lowest BCUT2D eigenvalue weighted by atomic mass is 10.1. The maximum atomic E-state index is 11.6. The lowest BCUT2D eigenvalue weighted by Crippen LogP contribution is -2.18. The number of hydrogen-bond donors (Lipinski definition) is 1. The third kappa shape index (κ3) is 1.67. The topological polar surface area (TPSA) is 51.5 Å². The van der Waals surface area contributed by atoms with Crippen molar-refractivity contribution >= 4 is 16.9 Å². The summed E-state index contributed by atoms with van der Waals surface area (Å²) in [6.45, 7) is 0.361. The largest absolute Gasteiger partial charge is 0.451 e. The molecule has 1 heterocycles. The van der Waals surface area contributed by atoms with Gasteiger partial charge < -0.3 is 14.5 Å². The van der Waals surface area contributed by atoms with Crippen molar-refractivity contribution in [3.05, 3.63) is 35.6 Å². The molecule has 4 heteroatoms. The second-order valence-electron chi connectivity index (χ2n) is 3.42. The van der Waals surface area contributed by atoms with E-state index in [1.165, 1.54) is 0 Å². The third-order valence-corrected chi connectivity index (χ3v) is 2.42. The highest BCUT2D eigenvalue weighted by Crippen LogP contribution is 2.26. The fourth-order valence-electron chi connectivity index (χ4n) is 1.68. The summed E-state index contributed by atoms with van der Waals surface area (Å²) in [7, 11) is 3.17. The Bertz CT molecular complexity index is 516. The number of hydrogen-bond acceptors (Lipinski definition) is 3. The molecule has 84 valence electrons. The van der Waals surface area contributed by atoms with E-state index >= 15 is 0 Å². The van der Waals surface area contributed by atoms with Crippen LogP contribution in [0.25, 0.3) is 11.0 Å². The molecule has 1 amide bonds. The summed E-state index contributed by atoms with van der Waals surface area (Å²) in [6.07, 6.45) is 0. The summed E-state index contributed by atoms with van der Waals surface area (Å²) < 4.78 is 10.6. The first-order chi connectivity index (χ1) is 7.77. The Morgan fingerprint density at radius 3 is 2.88 bits per heavy atom. The molecule has 0 unspecified atom stereocenters. The second kappa shape index (κ2) is 4.37. The number of ether oxygens (including phenoxy) is 1. The van der Waals surface area contributed by atoms with Gasteiger partial charge >= 0.3 is 0 Å². The molecular formula is C12H13NO3. The highest BCUT2D eigenvalue weighted by atomic mass is 16.5. The van der Waals surface area contributed by atoms with Crippen LogP contribution in [0.15, 0.2) is 28.7 Å². The molecule has 0 aliphatic rings. The summed E-state index contributed by atoms with van der Waals surface area (Å²) >= 11 is 0. The number of amides is 1. The molecule has 4 nitrogen and oxygen atoms in total. The van der Waals surface area contributed by atoms with Crippen LogP contribution < -0.4 is 5.32 Å². The first-order valence-electron chi connectivity index (χ1n) is 4.99. The van der Waals surface area contributed by atoms with Gasteiger partial charge in [0.2, 0.25) is 0 Å². The highest BCUT2D eigenvalue weighted by molar-refractivity contribution is 5.98. The summed E-state index contributed by atoms with van der Waals surface area (Å²) in [5.41, 5.74) is 1.49. The van der Waals surface area contributed by atoms with Crippen LogP contribution in [0.4, 0.5) is 0 Å². The molecule has 0 radical (unpaired) electrons. The van der Waals surface area contributed by atoms with Crippen molar-refractivity contribution in [1.29, 1.82) is 0 Å². The Morgan fingerprint density at radius 2 is 2.19 bits per heavy atom. The van der Waals surface area contributed by atoms with Crippen LogP contribution in [0, 0.1) is 0 Å². The molecule has 2 aromatic rings. The molecule has 1 aromatic heterocycles. The zero-order valence-corrected chi connectivity index (χ0v) is 9.24. The predicted molar refractivity (Wildman–Crippen MR) is 60.3 cm³/mol. The van der Waals surface area contributed by atoms with Gasteiger partial charge in [-0.1, -0.05) is 18.2 Å². The minimum atomic E-state index is -0.233. The lowest BCUT2D eigenvalue weighted by Gasteiger charge is -2.00. The van der Waals surface area contributed by atoms with Gasteiger partial charge in [0.05, 0.1) is 6.61 Å². The Balaban J connectivity index is 2.62. The Hall–Kier alpha value is -1.81. The zero-order valence-electron chi connectivity index (χ0n) is 9.24. The molecular weight excluding hydrogens is 206 g/mol. The average Bonchev–Trinajstić information content (AvgIpc) is 2.68. The van der Waals surface area contributed by atoms with Crippen molar-refractivity contribution < 1.29 is 13.9 Å². The van der Waals surface area contributed by atoms with Crippen LogP contribution in [-0.2, 0) is 11.3 Å². The summed E-state index contributed by atoms with van der Waals surface area (Å²) in [5.74, 6) is 0.0915. The van der Waals surface area contributed by atoms with Gasteiger partial charge in [0.25, 0.3) is 5.91 Å². The first kappa shape index (κ1) is 10.7. The zero-order chi connectivity index (χ0) is 11.5. The molecule has 0 aliphatic heterocycles. The van der Waals surface area contributed by atoms with Gasteiger partial charge in [-0.05, 0) is 6.07 Å². The Labute approximate surface area is 93.2 Å². The molecule has 0 atom stereocenters. The summed E-state index contributed by atoms with van der Waals surface area (Å²) in [4.78, 5) is 11.6. The number of carbonyl (C=O) groups is 1. The molecule has 1 N–H and O–H groups in total. The van der Waals surface area contributed by atoms with E-state index in [4.69, 9.17) is 9.15 Å². The molecule has 2 rings (SSSR count). The second-order valence-corrected chi connectivity index (χ2v) is 3.42. The van der Waals surface area contributed by atoms with Gasteiger partial charge in [-0.2, -0.15) is 0 Å². The van der Waals surface area contributed by atoms with E-state index < -0.39 is 0 Å². The average molecular weight is 219 g/mol. The molecule has 16 heavy (non-hydrogen) atoms. The maximum Gasteiger partial charge on any atom is 0.287 e. The Kier molecular flexibility index (Phi) is 2.92. The maximum absolute atomic E-state index is 11.6. The van der Waals surface area contributed by atoms with E-state index in [0.29, 0.717) is 18.0 Å². The molecule has 1 aromatic carbocycles. The van der Waals surface area contributed by atoms with E-state index in [2.05, 4.69) is 5.32 Å². The van der Waals surface area contributed by atoms with Crippen molar-refractivity contribution in [2.45, 2.75) is 6.61 Å². The van der Waals surface area contributed by atoms with Crippen molar-refractivity contribution in [2.24, 2.45) is 0 Å². The Morgan fingerprint density at radius 1 is 1.44 bits per heavy atom. The fourth-order valence-corrected chi connectivity index (χ4v) is 1.68. The third-order valence-electron chi connectivity index (χ3n) is 2.42. The molecule has 0 saturated carbocycles. The molecule has 0 spiro atoms. The number of para-hydroxylation sites is 1.